The van der Waals surface area contributed by atoms with Gasteiger partial charge in [0.2, 0.25) is 11.8 Å². The summed E-state index contributed by atoms with van der Waals surface area (Å²) in [5, 5.41) is 13.2. The molecule has 6 nitrogen and oxygen atoms in total. The predicted molar refractivity (Wildman–Crippen MR) is 98.0 cm³/mol. The topological polar surface area (TPSA) is 78.9 Å². The number of aliphatic hydroxyl groups excluding tert-OH is 1. The highest BCUT2D eigenvalue weighted by atomic mass is 32.2. The quantitative estimate of drug-likeness (QED) is 0.831. The number of likely N-dealkylation sites (tertiary alicyclic amines) is 1. The fraction of sp³-hybridized carbons (Fsp3) is 0.556. The zero-order chi connectivity index (χ0) is 17.8. The normalized spacial score (nSPS) is 23.0. The zero-order valence-corrected chi connectivity index (χ0v) is 15.2. The summed E-state index contributed by atoms with van der Waals surface area (Å²) in [5.74, 6) is 1.53. The molecule has 0 spiro atoms. The van der Waals surface area contributed by atoms with Gasteiger partial charge in [0.25, 0.3) is 0 Å². The van der Waals surface area contributed by atoms with E-state index >= 15 is 0 Å². The molecule has 0 aromatic heterocycles. The van der Waals surface area contributed by atoms with Crippen molar-refractivity contribution in [3.05, 3.63) is 23.8 Å². The Kier molecular flexibility index (Phi) is 5.86. The van der Waals surface area contributed by atoms with Gasteiger partial charge < -0.3 is 20.1 Å². The van der Waals surface area contributed by atoms with Gasteiger partial charge in [0.05, 0.1) is 6.54 Å². The van der Waals surface area contributed by atoms with Crippen LogP contribution < -0.4 is 10.1 Å². The second-order valence-corrected chi connectivity index (χ2v) is 7.45. The molecule has 2 atom stereocenters. The van der Waals surface area contributed by atoms with E-state index in [1.165, 1.54) is 0 Å². The van der Waals surface area contributed by atoms with Gasteiger partial charge >= 0.3 is 0 Å². The fourth-order valence-corrected chi connectivity index (χ4v) is 3.60. The minimum absolute atomic E-state index is 0.0155. The van der Waals surface area contributed by atoms with Crippen LogP contribution in [0.5, 0.6) is 5.75 Å². The Hall–Kier alpha value is -1.73. The number of aliphatic hydroxyl groups is 1. The van der Waals surface area contributed by atoms with E-state index < -0.39 is 6.10 Å². The maximum absolute atomic E-state index is 12.1. The molecule has 1 aromatic rings. The van der Waals surface area contributed by atoms with Gasteiger partial charge in [0, 0.05) is 43.3 Å². The highest BCUT2D eigenvalue weighted by Gasteiger charge is 2.31. The van der Waals surface area contributed by atoms with E-state index in [1.807, 2.05) is 24.5 Å². The van der Waals surface area contributed by atoms with E-state index in [0.717, 1.165) is 23.4 Å². The van der Waals surface area contributed by atoms with Crippen molar-refractivity contribution in [2.75, 3.05) is 30.4 Å². The van der Waals surface area contributed by atoms with E-state index in [-0.39, 0.29) is 17.9 Å². The number of fused-ring (bicyclic) bond motifs is 1. The van der Waals surface area contributed by atoms with Crippen LogP contribution in [-0.4, -0.2) is 59.1 Å². The third kappa shape index (κ3) is 4.46. The molecule has 2 heterocycles. The molecule has 3 rings (SSSR count). The van der Waals surface area contributed by atoms with Crippen molar-refractivity contribution in [3.63, 3.8) is 0 Å². The lowest BCUT2D eigenvalue weighted by Crippen LogP contribution is -2.51. The molecule has 1 saturated heterocycles. The summed E-state index contributed by atoms with van der Waals surface area (Å²) in [4.78, 5) is 25.3. The number of carbonyl (C=O) groups is 2. The number of nitrogens with one attached hydrogen (secondary N) is 1. The lowest BCUT2D eigenvalue weighted by atomic mass is 10.0. The molecule has 2 N–H and O–H groups in total. The summed E-state index contributed by atoms with van der Waals surface area (Å²) >= 11 is 1.64. The van der Waals surface area contributed by atoms with E-state index in [4.69, 9.17) is 4.74 Å². The average Bonchev–Trinajstić information content (AvgIpc) is 2.61. The third-order valence-electron chi connectivity index (χ3n) is 4.66. The first kappa shape index (κ1) is 18.1. The van der Waals surface area contributed by atoms with Gasteiger partial charge in [-0.2, -0.15) is 11.8 Å². The van der Waals surface area contributed by atoms with Crippen LogP contribution in [0.1, 0.15) is 24.8 Å². The maximum atomic E-state index is 12.1. The van der Waals surface area contributed by atoms with Crippen molar-refractivity contribution < 1.29 is 19.4 Å². The summed E-state index contributed by atoms with van der Waals surface area (Å²) in [7, 11) is 0. The van der Waals surface area contributed by atoms with Crippen molar-refractivity contribution in [2.45, 2.75) is 37.9 Å². The molecule has 0 aliphatic carbocycles. The van der Waals surface area contributed by atoms with Crippen LogP contribution in [-0.2, 0) is 16.0 Å². The van der Waals surface area contributed by atoms with Crippen LogP contribution >= 0.6 is 11.8 Å². The summed E-state index contributed by atoms with van der Waals surface area (Å²) in [6, 6.07) is 5.64. The van der Waals surface area contributed by atoms with E-state index in [9.17, 15) is 14.7 Å². The summed E-state index contributed by atoms with van der Waals surface area (Å²) in [6.45, 7) is 0.899. The van der Waals surface area contributed by atoms with Crippen LogP contribution in [0.4, 0.5) is 5.69 Å². The summed E-state index contributed by atoms with van der Waals surface area (Å²) < 4.78 is 5.93. The monoisotopic (exact) mass is 364 g/mol. The minimum atomic E-state index is -0.711. The van der Waals surface area contributed by atoms with Crippen LogP contribution in [0.25, 0.3) is 0 Å². The number of anilines is 1. The molecular formula is C18H24N2O4S. The van der Waals surface area contributed by atoms with Crippen molar-refractivity contribution in [1.82, 2.24) is 4.90 Å². The number of hydrogen-bond acceptors (Lipinski definition) is 5. The Bertz CT molecular complexity index is 652. The van der Waals surface area contributed by atoms with Gasteiger partial charge in [-0.05, 0) is 24.3 Å². The number of thioether (sulfide) groups is 1. The number of aryl methyl sites for hydroxylation is 1. The zero-order valence-electron chi connectivity index (χ0n) is 14.4. The molecule has 1 fully saturated rings. The molecule has 2 aliphatic heterocycles. The number of nitrogens with zero attached hydrogens (tertiary/aromatic N) is 1. The Morgan fingerprint density at radius 1 is 1.44 bits per heavy atom. The molecule has 25 heavy (non-hydrogen) atoms. The molecule has 1 aromatic carbocycles. The molecule has 136 valence electrons. The first-order valence-electron chi connectivity index (χ1n) is 8.61. The Morgan fingerprint density at radius 3 is 3.04 bits per heavy atom. The van der Waals surface area contributed by atoms with Gasteiger partial charge in [-0.15, -0.1) is 0 Å². The molecule has 0 bridgehead atoms. The van der Waals surface area contributed by atoms with Gasteiger partial charge in [0.1, 0.15) is 18.0 Å². The van der Waals surface area contributed by atoms with Crippen molar-refractivity contribution in [2.24, 2.45) is 0 Å². The third-order valence-corrected chi connectivity index (χ3v) is 5.27. The number of ether oxygens (including phenoxy) is 1. The van der Waals surface area contributed by atoms with Gasteiger partial charge in [0.15, 0.2) is 0 Å². The number of piperidine rings is 1. The molecular weight excluding hydrogens is 340 g/mol. The largest absolute Gasteiger partial charge is 0.488 e. The van der Waals surface area contributed by atoms with E-state index in [0.29, 0.717) is 38.1 Å². The first-order valence-corrected chi connectivity index (χ1v) is 10.0. The number of rotatable bonds is 5. The highest BCUT2D eigenvalue weighted by molar-refractivity contribution is 7.98. The van der Waals surface area contributed by atoms with Crippen LogP contribution in [0.3, 0.4) is 0 Å². The lowest BCUT2D eigenvalue weighted by Gasteiger charge is -2.36. The first-order chi connectivity index (χ1) is 12.1. The molecule has 7 heteroatoms. The number of hydrogen-bond donors (Lipinski definition) is 2. The number of amides is 2. The van der Waals surface area contributed by atoms with E-state index in [1.54, 1.807) is 16.7 Å². The lowest BCUT2D eigenvalue weighted by molar-refractivity contribution is -0.136. The van der Waals surface area contributed by atoms with Gasteiger partial charge in [-0.25, -0.2) is 0 Å². The smallest absolute Gasteiger partial charge is 0.224 e. The Balaban J connectivity index is 1.58. The fourth-order valence-electron chi connectivity index (χ4n) is 3.22. The summed E-state index contributed by atoms with van der Waals surface area (Å²) in [5.41, 5.74) is 1.88. The minimum Gasteiger partial charge on any atom is -0.488 e. The predicted octanol–water partition coefficient (Wildman–Crippen LogP) is 1.66. The summed E-state index contributed by atoms with van der Waals surface area (Å²) in [6.07, 6.45) is 3.26. The number of benzene rings is 1. The standard InChI is InChI=1S/C18H24N2O4S/c1-25-9-7-18(23)20-8-6-16(15(21)11-20)24-13-4-2-12-3-5-17(22)19-14(12)10-13/h2,4,10,15-16,21H,3,5-9,11H2,1H3,(H,19,22)/t15-,16-/m1/s1. The number of β-amino-alcohol motifs (C(OH)–C–C–N with tert-alkyl or cyclic N) is 1. The van der Waals surface area contributed by atoms with Crippen LogP contribution in [0.15, 0.2) is 18.2 Å². The number of carbonyl (C=O) groups excluding carboxylic acids is 2. The van der Waals surface area contributed by atoms with Gasteiger partial charge in [-0.3, -0.25) is 9.59 Å². The second-order valence-electron chi connectivity index (χ2n) is 6.46. The SMILES string of the molecule is CSCCC(=O)N1CC[C@@H](Oc2ccc3c(c2)NC(=O)CC3)[C@H](O)C1. The van der Waals surface area contributed by atoms with Gasteiger partial charge in [-0.1, -0.05) is 6.07 Å². The van der Waals surface area contributed by atoms with Crippen LogP contribution in [0.2, 0.25) is 0 Å². The average molecular weight is 364 g/mol. The van der Waals surface area contributed by atoms with Crippen molar-refractivity contribution >= 4 is 29.3 Å². The molecule has 0 radical (unpaired) electrons. The molecule has 0 unspecified atom stereocenters. The molecule has 0 saturated carbocycles. The molecule has 2 aliphatic rings. The van der Waals surface area contributed by atoms with E-state index in [2.05, 4.69) is 5.32 Å². The van der Waals surface area contributed by atoms with Crippen LogP contribution in [0, 0.1) is 0 Å². The Morgan fingerprint density at radius 2 is 2.28 bits per heavy atom. The van der Waals surface area contributed by atoms with Crippen molar-refractivity contribution in [3.8, 4) is 5.75 Å². The molecule has 2 amide bonds. The second kappa shape index (κ2) is 8.10. The van der Waals surface area contributed by atoms with Crippen molar-refractivity contribution in [1.29, 1.82) is 0 Å². The Labute approximate surface area is 151 Å². The highest BCUT2D eigenvalue weighted by Crippen LogP contribution is 2.29. The maximum Gasteiger partial charge on any atom is 0.224 e.